The number of benzene rings is 1. The van der Waals surface area contributed by atoms with Crippen molar-refractivity contribution in [3.63, 3.8) is 0 Å². The molecule has 0 aromatic heterocycles. The Morgan fingerprint density at radius 3 is 2.73 bits per heavy atom. The van der Waals surface area contributed by atoms with Gasteiger partial charge in [-0.1, -0.05) is 13.0 Å². The van der Waals surface area contributed by atoms with E-state index < -0.39 is 0 Å². The molecule has 1 aliphatic carbocycles. The molecule has 1 unspecified atom stereocenters. The Morgan fingerprint density at radius 1 is 1.33 bits per heavy atom. The van der Waals surface area contributed by atoms with E-state index in [9.17, 15) is 5.11 Å². The summed E-state index contributed by atoms with van der Waals surface area (Å²) in [7, 11) is 0. The molecule has 1 aliphatic rings. The summed E-state index contributed by atoms with van der Waals surface area (Å²) >= 11 is 0. The minimum atomic E-state index is 0.558. The van der Waals surface area contributed by atoms with Crippen molar-refractivity contribution in [2.45, 2.75) is 52.4 Å². The third-order valence-corrected chi connectivity index (χ3v) is 3.74. The standard InChI is InChI=1S/C14H20O/c1-4-11-6-5-7-12-9(2)8-10(3)14(15)13(11)12/h8,11,15H,4-7H2,1-3H3. The second-order valence-electron chi connectivity index (χ2n) is 4.75. The van der Waals surface area contributed by atoms with Crippen LogP contribution >= 0.6 is 0 Å². The van der Waals surface area contributed by atoms with Crippen molar-refractivity contribution < 1.29 is 5.11 Å². The smallest absolute Gasteiger partial charge is 0.122 e. The molecule has 0 saturated heterocycles. The molecule has 82 valence electrons. The number of phenols is 1. The lowest BCUT2D eigenvalue weighted by Crippen LogP contribution is -2.11. The summed E-state index contributed by atoms with van der Waals surface area (Å²) < 4.78 is 0. The molecule has 1 aromatic rings. The molecular weight excluding hydrogens is 184 g/mol. The van der Waals surface area contributed by atoms with Crippen molar-refractivity contribution in [2.24, 2.45) is 0 Å². The van der Waals surface area contributed by atoms with Gasteiger partial charge in [-0.25, -0.2) is 0 Å². The highest BCUT2D eigenvalue weighted by molar-refractivity contribution is 5.51. The summed E-state index contributed by atoms with van der Waals surface area (Å²) in [5.41, 5.74) is 5.06. The predicted molar refractivity (Wildman–Crippen MR) is 63.6 cm³/mol. The van der Waals surface area contributed by atoms with Gasteiger partial charge in [-0.2, -0.15) is 0 Å². The SMILES string of the molecule is CCC1CCCc2c(C)cc(C)c(O)c21. The van der Waals surface area contributed by atoms with Crippen LogP contribution in [0.15, 0.2) is 6.07 Å². The number of aromatic hydroxyl groups is 1. The topological polar surface area (TPSA) is 20.2 Å². The van der Waals surface area contributed by atoms with Crippen molar-refractivity contribution in [3.05, 3.63) is 28.3 Å². The van der Waals surface area contributed by atoms with Crippen LogP contribution in [0.1, 0.15) is 54.4 Å². The van der Waals surface area contributed by atoms with Crippen molar-refractivity contribution >= 4 is 0 Å². The first-order valence-corrected chi connectivity index (χ1v) is 5.97. The molecule has 1 aromatic carbocycles. The first kappa shape index (κ1) is 10.5. The van der Waals surface area contributed by atoms with Gasteiger partial charge in [-0.3, -0.25) is 0 Å². The van der Waals surface area contributed by atoms with E-state index in [1.54, 1.807) is 0 Å². The molecule has 1 N–H and O–H groups in total. The molecular formula is C14H20O. The largest absolute Gasteiger partial charge is 0.507 e. The Kier molecular flexibility index (Phi) is 2.72. The number of hydrogen-bond acceptors (Lipinski definition) is 1. The monoisotopic (exact) mass is 204 g/mol. The average Bonchev–Trinajstić information content (AvgIpc) is 2.25. The summed E-state index contributed by atoms with van der Waals surface area (Å²) in [6.07, 6.45) is 4.80. The second kappa shape index (κ2) is 3.88. The fourth-order valence-corrected chi connectivity index (χ4v) is 2.90. The number of aryl methyl sites for hydroxylation is 2. The van der Waals surface area contributed by atoms with Crippen molar-refractivity contribution in [1.82, 2.24) is 0 Å². The normalized spacial score (nSPS) is 20.1. The fraction of sp³-hybridized carbons (Fsp3) is 0.571. The molecule has 0 saturated carbocycles. The lowest BCUT2D eigenvalue weighted by molar-refractivity contribution is 0.437. The Labute approximate surface area is 92.1 Å². The van der Waals surface area contributed by atoms with E-state index in [0.29, 0.717) is 11.7 Å². The quantitative estimate of drug-likeness (QED) is 0.737. The highest BCUT2D eigenvalue weighted by Crippen LogP contribution is 2.42. The zero-order valence-corrected chi connectivity index (χ0v) is 9.93. The lowest BCUT2D eigenvalue weighted by atomic mass is 9.78. The van der Waals surface area contributed by atoms with Gasteiger partial charge in [-0.15, -0.1) is 0 Å². The van der Waals surface area contributed by atoms with Crippen LogP contribution in [0.3, 0.4) is 0 Å². The Hall–Kier alpha value is -0.980. The van der Waals surface area contributed by atoms with E-state index in [1.807, 2.05) is 6.92 Å². The van der Waals surface area contributed by atoms with E-state index in [-0.39, 0.29) is 0 Å². The zero-order valence-electron chi connectivity index (χ0n) is 9.93. The highest BCUT2D eigenvalue weighted by atomic mass is 16.3. The molecule has 0 radical (unpaired) electrons. The predicted octanol–water partition coefficient (Wildman–Crippen LogP) is 3.84. The highest BCUT2D eigenvalue weighted by Gasteiger charge is 2.24. The van der Waals surface area contributed by atoms with Crippen LogP contribution in [-0.2, 0) is 6.42 Å². The van der Waals surface area contributed by atoms with E-state index in [4.69, 9.17) is 0 Å². The summed E-state index contributed by atoms with van der Waals surface area (Å²) in [6, 6.07) is 2.12. The van der Waals surface area contributed by atoms with Crippen molar-refractivity contribution in [3.8, 4) is 5.75 Å². The van der Waals surface area contributed by atoms with Gasteiger partial charge in [-0.05, 0) is 62.1 Å². The van der Waals surface area contributed by atoms with Gasteiger partial charge in [0.2, 0.25) is 0 Å². The van der Waals surface area contributed by atoms with E-state index >= 15 is 0 Å². The fourth-order valence-electron chi connectivity index (χ4n) is 2.90. The summed E-state index contributed by atoms with van der Waals surface area (Å²) in [5, 5.41) is 10.2. The third-order valence-electron chi connectivity index (χ3n) is 3.74. The Morgan fingerprint density at radius 2 is 2.07 bits per heavy atom. The minimum absolute atomic E-state index is 0.558. The third kappa shape index (κ3) is 1.64. The van der Waals surface area contributed by atoms with Gasteiger partial charge in [0.15, 0.2) is 0 Å². The molecule has 0 heterocycles. The Balaban J connectivity index is 2.62. The number of hydrogen-bond donors (Lipinski definition) is 1. The van der Waals surface area contributed by atoms with Gasteiger partial charge in [0.1, 0.15) is 5.75 Å². The van der Waals surface area contributed by atoms with Gasteiger partial charge in [0.25, 0.3) is 0 Å². The lowest BCUT2D eigenvalue weighted by Gasteiger charge is -2.27. The van der Waals surface area contributed by atoms with Gasteiger partial charge < -0.3 is 5.11 Å². The average molecular weight is 204 g/mol. The van der Waals surface area contributed by atoms with Gasteiger partial charge in [0, 0.05) is 5.56 Å². The van der Waals surface area contributed by atoms with Crippen molar-refractivity contribution in [1.29, 1.82) is 0 Å². The zero-order chi connectivity index (χ0) is 11.0. The summed E-state index contributed by atoms with van der Waals surface area (Å²) in [6.45, 7) is 6.39. The minimum Gasteiger partial charge on any atom is -0.507 e. The van der Waals surface area contributed by atoms with Crippen LogP contribution in [0.2, 0.25) is 0 Å². The van der Waals surface area contributed by atoms with E-state index in [0.717, 1.165) is 18.4 Å². The molecule has 15 heavy (non-hydrogen) atoms. The molecule has 1 nitrogen and oxygen atoms in total. The van der Waals surface area contributed by atoms with E-state index in [1.165, 1.54) is 29.5 Å². The van der Waals surface area contributed by atoms with Crippen LogP contribution in [-0.4, -0.2) is 5.11 Å². The molecule has 0 fully saturated rings. The first-order chi connectivity index (χ1) is 7.15. The maximum absolute atomic E-state index is 10.2. The molecule has 2 rings (SSSR count). The van der Waals surface area contributed by atoms with Gasteiger partial charge in [0.05, 0.1) is 0 Å². The van der Waals surface area contributed by atoms with Crippen LogP contribution in [0.5, 0.6) is 5.75 Å². The second-order valence-corrected chi connectivity index (χ2v) is 4.75. The Bertz CT molecular complexity index is 379. The van der Waals surface area contributed by atoms with Crippen molar-refractivity contribution in [2.75, 3.05) is 0 Å². The van der Waals surface area contributed by atoms with Crippen LogP contribution < -0.4 is 0 Å². The maximum atomic E-state index is 10.2. The number of fused-ring (bicyclic) bond motifs is 1. The molecule has 0 aliphatic heterocycles. The number of phenolic OH excluding ortho intramolecular Hbond substituents is 1. The summed E-state index contributed by atoms with van der Waals surface area (Å²) in [5.74, 6) is 1.13. The summed E-state index contributed by atoms with van der Waals surface area (Å²) in [4.78, 5) is 0. The van der Waals surface area contributed by atoms with Gasteiger partial charge >= 0.3 is 0 Å². The molecule has 1 heteroatoms. The van der Waals surface area contributed by atoms with E-state index in [2.05, 4.69) is 19.9 Å². The molecule has 0 bridgehead atoms. The molecule has 1 atom stereocenters. The number of rotatable bonds is 1. The van der Waals surface area contributed by atoms with Crippen LogP contribution in [0.25, 0.3) is 0 Å². The molecule has 0 spiro atoms. The maximum Gasteiger partial charge on any atom is 0.122 e. The molecule has 0 amide bonds. The van der Waals surface area contributed by atoms with Crippen LogP contribution in [0, 0.1) is 13.8 Å². The first-order valence-electron chi connectivity index (χ1n) is 5.97. The van der Waals surface area contributed by atoms with Crippen LogP contribution in [0.4, 0.5) is 0 Å².